The van der Waals surface area contributed by atoms with Crippen molar-refractivity contribution >= 4 is 14.4 Å². The molecule has 1 aliphatic heterocycles. The van der Waals surface area contributed by atoms with Crippen LogP contribution in [0.3, 0.4) is 0 Å². The smallest absolute Gasteiger partial charge is 0.410 e. The summed E-state index contributed by atoms with van der Waals surface area (Å²) in [4.78, 5) is 14.2. The van der Waals surface area contributed by atoms with Gasteiger partial charge in [0.15, 0.2) is 8.32 Å². The van der Waals surface area contributed by atoms with Gasteiger partial charge in [-0.25, -0.2) is 4.79 Å². The van der Waals surface area contributed by atoms with Crippen LogP contribution in [0.5, 0.6) is 0 Å². The van der Waals surface area contributed by atoms with E-state index in [1.54, 1.807) is 4.90 Å². The lowest BCUT2D eigenvalue weighted by atomic mass is 10.2. The number of hydrogen-bond acceptors (Lipinski definition) is 4. The first-order chi connectivity index (χ1) is 10.7. The summed E-state index contributed by atoms with van der Waals surface area (Å²) in [5.74, 6) is 0. The molecule has 0 aromatic rings. The van der Waals surface area contributed by atoms with Crippen molar-refractivity contribution in [3.8, 4) is 0 Å². The molecule has 1 N–H and O–H groups in total. The summed E-state index contributed by atoms with van der Waals surface area (Å²) < 4.78 is 12.2. The fourth-order valence-corrected chi connectivity index (χ4v) is 6.03. The summed E-state index contributed by atoms with van der Waals surface area (Å²) in [7, 11) is -1.68. The number of rotatable bonds is 7. The Morgan fingerprint density at radius 1 is 1.13 bits per heavy atom. The van der Waals surface area contributed by atoms with E-state index in [9.17, 15) is 4.79 Å². The van der Waals surface area contributed by atoms with Crippen LogP contribution < -0.4 is 5.32 Å². The van der Waals surface area contributed by atoms with Crippen molar-refractivity contribution in [1.29, 1.82) is 0 Å². The largest absolute Gasteiger partial charge is 0.444 e. The highest BCUT2D eigenvalue weighted by atomic mass is 28.4. The lowest BCUT2D eigenvalue weighted by molar-refractivity contribution is 0.0273. The van der Waals surface area contributed by atoms with Crippen molar-refractivity contribution in [3.63, 3.8) is 0 Å². The van der Waals surface area contributed by atoms with Crippen LogP contribution in [0.1, 0.15) is 48.5 Å². The van der Waals surface area contributed by atoms with Crippen LogP contribution >= 0.6 is 0 Å². The molecule has 0 radical (unpaired) electrons. The summed E-state index contributed by atoms with van der Waals surface area (Å²) in [6, 6.07) is 3.58. The fraction of sp³-hybridized carbons (Fsp3) is 0.941. The topological polar surface area (TPSA) is 50.8 Å². The van der Waals surface area contributed by atoms with Crippen molar-refractivity contribution in [2.75, 3.05) is 19.6 Å². The van der Waals surface area contributed by atoms with E-state index in [1.807, 2.05) is 20.8 Å². The molecule has 0 aromatic carbocycles. The normalized spacial score (nSPS) is 22.5. The Balaban J connectivity index is 2.80. The van der Waals surface area contributed by atoms with E-state index in [1.165, 1.54) is 0 Å². The first-order valence-corrected chi connectivity index (χ1v) is 11.6. The molecule has 0 aromatic heterocycles. The number of amides is 1. The Bertz CT molecular complexity index is 372. The van der Waals surface area contributed by atoms with E-state index in [4.69, 9.17) is 9.16 Å². The predicted octanol–water partition coefficient (Wildman–Crippen LogP) is 3.61. The molecule has 1 rings (SSSR count). The first-order valence-electron chi connectivity index (χ1n) is 9.09. The Morgan fingerprint density at radius 3 is 2.13 bits per heavy atom. The Labute approximate surface area is 143 Å². The molecule has 0 saturated carbocycles. The molecule has 0 unspecified atom stereocenters. The van der Waals surface area contributed by atoms with Gasteiger partial charge in [-0.15, -0.1) is 0 Å². The predicted molar refractivity (Wildman–Crippen MR) is 97.3 cm³/mol. The molecule has 6 heteroatoms. The summed E-state index contributed by atoms with van der Waals surface area (Å²) in [6.07, 6.45) is -0.155. The lowest BCUT2D eigenvalue weighted by Gasteiger charge is -2.33. The maximum Gasteiger partial charge on any atom is 0.410 e. The number of ether oxygens (including phenoxy) is 1. The van der Waals surface area contributed by atoms with Gasteiger partial charge in [-0.3, -0.25) is 0 Å². The molecule has 5 nitrogen and oxygen atoms in total. The number of hydrogen-bond donors (Lipinski definition) is 1. The van der Waals surface area contributed by atoms with Gasteiger partial charge in [0.1, 0.15) is 5.60 Å². The molecule has 136 valence electrons. The van der Waals surface area contributed by atoms with Crippen LogP contribution in [-0.2, 0) is 9.16 Å². The van der Waals surface area contributed by atoms with E-state index in [0.29, 0.717) is 13.1 Å². The zero-order chi connectivity index (χ0) is 17.7. The monoisotopic (exact) mass is 344 g/mol. The van der Waals surface area contributed by atoms with Gasteiger partial charge in [0.25, 0.3) is 0 Å². The standard InChI is InChI=1S/C17H36N2O3Si/c1-8-18-14-12-19(16(20)21-17(5,6)7)13-15(14)22-23(9-2,10-3)11-4/h14-15,18H,8-13H2,1-7H3/t14-,15-/m0/s1. The molecule has 1 fully saturated rings. The summed E-state index contributed by atoms with van der Waals surface area (Å²) in [5, 5.41) is 3.48. The minimum absolute atomic E-state index is 0.0778. The van der Waals surface area contributed by atoms with Crippen LogP contribution in [0.4, 0.5) is 4.79 Å². The third-order valence-corrected chi connectivity index (χ3v) is 9.39. The van der Waals surface area contributed by atoms with Gasteiger partial charge in [0, 0.05) is 6.54 Å². The number of carbonyl (C=O) groups is 1. The number of likely N-dealkylation sites (tertiary alicyclic amines) is 1. The highest BCUT2D eigenvalue weighted by Crippen LogP contribution is 2.27. The minimum Gasteiger partial charge on any atom is -0.444 e. The van der Waals surface area contributed by atoms with Crippen LogP contribution in [0, 0.1) is 0 Å². The number of likely N-dealkylation sites (N-methyl/N-ethyl adjacent to an activating group) is 1. The van der Waals surface area contributed by atoms with Crippen molar-refractivity contribution in [2.24, 2.45) is 0 Å². The van der Waals surface area contributed by atoms with E-state index < -0.39 is 13.9 Å². The third kappa shape index (κ3) is 5.76. The fourth-order valence-electron chi connectivity index (χ4n) is 3.15. The molecule has 23 heavy (non-hydrogen) atoms. The van der Waals surface area contributed by atoms with Crippen molar-refractivity contribution in [3.05, 3.63) is 0 Å². The van der Waals surface area contributed by atoms with Crippen molar-refractivity contribution < 1.29 is 14.0 Å². The maximum absolute atomic E-state index is 12.4. The summed E-state index contributed by atoms with van der Waals surface area (Å²) in [6.45, 7) is 16.7. The van der Waals surface area contributed by atoms with Gasteiger partial charge in [-0.05, 0) is 45.4 Å². The number of carbonyl (C=O) groups excluding carboxylic acids is 1. The molecule has 0 spiro atoms. The molecular weight excluding hydrogens is 308 g/mol. The molecule has 1 saturated heterocycles. The molecule has 0 aliphatic carbocycles. The summed E-state index contributed by atoms with van der Waals surface area (Å²) in [5.41, 5.74) is -0.460. The van der Waals surface area contributed by atoms with Crippen molar-refractivity contribution in [2.45, 2.75) is 84.3 Å². The molecule has 1 amide bonds. The second-order valence-electron chi connectivity index (χ2n) is 7.45. The van der Waals surface area contributed by atoms with Gasteiger partial charge in [-0.2, -0.15) is 0 Å². The van der Waals surface area contributed by atoms with Crippen LogP contribution in [-0.4, -0.2) is 56.7 Å². The number of nitrogens with one attached hydrogen (secondary N) is 1. The maximum atomic E-state index is 12.4. The highest BCUT2D eigenvalue weighted by Gasteiger charge is 2.42. The average molecular weight is 345 g/mol. The second kappa shape index (κ2) is 8.49. The Hall–Kier alpha value is -0.593. The SMILES string of the molecule is CCN[C@H]1CN(C(=O)OC(C)(C)C)C[C@@H]1O[Si](CC)(CC)CC. The summed E-state index contributed by atoms with van der Waals surface area (Å²) >= 11 is 0. The lowest BCUT2D eigenvalue weighted by Crippen LogP contribution is -2.48. The van der Waals surface area contributed by atoms with Crippen molar-refractivity contribution in [1.82, 2.24) is 10.2 Å². The van der Waals surface area contributed by atoms with Crippen LogP contribution in [0.25, 0.3) is 0 Å². The average Bonchev–Trinajstić information content (AvgIpc) is 2.86. The van der Waals surface area contributed by atoms with E-state index in [-0.39, 0.29) is 18.2 Å². The van der Waals surface area contributed by atoms with Gasteiger partial charge < -0.3 is 19.4 Å². The van der Waals surface area contributed by atoms with Crippen LogP contribution in [0.2, 0.25) is 18.1 Å². The van der Waals surface area contributed by atoms with Gasteiger partial charge in [-0.1, -0.05) is 27.7 Å². The zero-order valence-electron chi connectivity index (χ0n) is 16.1. The third-order valence-electron chi connectivity index (χ3n) is 4.72. The Kier molecular flexibility index (Phi) is 7.55. The van der Waals surface area contributed by atoms with Gasteiger partial charge in [0.2, 0.25) is 0 Å². The van der Waals surface area contributed by atoms with Gasteiger partial charge in [0.05, 0.1) is 18.7 Å². The van der Waals surface area contributed by atoms with E-state index in [2.05, 4.69) is 33.0 Å². The minimum atomic E-state index is -1.68. The quantitative estimate of drug-likeness (QED) is 0.717. The Morgan fingerprint density at radius 2 is 1.70 bits per heavy atom. The molecule has 0 bridgehead atoms. The van der Waals surface area contributed by atoms with Crippen LogP contribution in [0.15, 0.2) is 0 Å². The molecule has 1 heterocycles. The molecule has 2 atom stereocenters. The van der Waals surface area contributed by atoms with E-state index >= 15 is 0 Å². The first kappa shape index (κ1) is 20.5. The molecule has 1 aliphatic rings. The number of nitrogens with zero attached hydrogens (tertiary/aromatic N) is 1. The van der Waals surface area contributed by atoms with E-state index in [0.717, 1.165) is 24.7 Å². The highest BCUT2D eigenvalue weighted by molar-refractivity contribution is 6.73. The second-order valence-corrected chi connectivity index (χ2v) is 12.2. The van der Waals surface area contributed by atoms with Gasteiger partial charge >= 0.3 is 6.09 Å². The molecular formula is C17H36N2O3Si. The zero-order valence-corrected chi connectivity index (χ0v) is 17.1.